The van der Waals surface area contributed by atoms with Crippen molar-refractivity contribution in [2.24, 2.45) is 0 Å². The van der Waals surface area contributed by atoms with E-state index >= 15 is 0 Å². The van der Waals surface area contributed by atoms with E-state index in [9.17, 15) is 14.0 Å². The molecule has 1 aromatic heterocycles. The van der Waals surface area contributed by atoms with Crippen molar-refractivity contribution in [1.82, 2.24) is 15.3 Å². The summed E-state index contributed by atoms with van der Waals surface area (Å²) in [4.78, 5) is 37.2. The summed E-state index contributed by atoms with van der Waals surface area (Å²) in [5.41, 5.74) is 1.71. The third-order valence-corrected chi connectivity index (χ3v) is 5.88. The van der Waals surface area contributed by atoms with Crippen LogP contribution in [-0.4, -0.2) is 67.3 Å². The normalized spacial score (nSPS) is 18.7. The number of carbonyl (C=O) groups is 2. The lowest BCUT2D eigenvalue weighted by molar-refractivity contribution is -0.119. The Kier molecular flexibility index (Phi) is 6.31. The molecule has 1 N–H and O–H groups in total. The van der Waals surface area contributed by atoms with E-state index in [0.717, 1.165) is 5.56 Å². The zero-order valence-electron chi connectivity index (χ0n) is 17.8. The monoisotopic (exact) mass is 462 g/mol. The van der Waals surface area contributed by atoms with Gasteiger partial charge in [-0.1, -0.05) is 11.6 Å². The predicted molar refractivity (Wildman–Crippen MR) is 119 cm³/mol. The lowest BCUT2D eigenvalue weighted by atomic mass is 10.2. The number of halogens is 2. The number of hydrogen-bond donors (Lipinski definition) is 1. The summed E-state index contributed by atoms with van der Waals surface area (Å²) < 4.78 is 20.2. The Balaban J connectivity index is 1.39. The molecular formula is C21H24ClFN6O3. The van der Waals surface area contributed by atoms with Crippen LogP contribution in [0, 0.1) is 12.7 Å². The van der Waals surface area contributed by atoms with E-state index in [1.54, 1.807) is 18.3 Å². The van der Waals surface area contributed by atoms with Gasteiger partial charge in [0.1, 0.15) is 17.1 Å². The fraction of sp³-hybridized carbons (Fsp3) is 0.429. The summed E-state index contributed by atoms with van der Waals surface area (Å²) >= 11 is 6.10. The minimum atomic E-state index is -0.558. The molecule has 2 aromatic rings. The Morgan fingerprint density at radius 2 is 2.00 bits per heavy atom. The number of aromatic nitrogens is 2. The van der Waals surface area contributed by atoms with E-state index in [1.807, 2.05) is 16.7 Å². The number of benzene rings is 1. The first-order valence-electron chi connectivity index (χ1n) is 10.3. The molecule has 2 saturated heterocycles. The first-order chi connectivity index (χ1) is 15.3. The second-order valence-electron chi connectivity index (χ2n) is 7.81. The van der Waals surface area contributed by atoms with E-state index in [2.05, 4.69) is 15.3 Å². The van der Waals surface area contributed by atoms with Gasteiger partial charge in [0.25, 0.3) is 0 Å². The van der Waals surface area contributed by atoms with Gasteiger partial charge in [-0.25, -0.2) is 19.2 Å². The van der Waals surface area contributed by atoms with Crippen molar-refractivity contribution in [3.05, 3.63) is 40.9 Å². The number of rotatable bonds is 5. The number of amides is 2. The van der Waals surface area contributed by atoms with Crippen LogP contribution in [0.1, 0.15) is 12.5 Å². The van der Waals surface area contributed by atoms with Crippen molar-refractivity contribution in [3.8, 4) is 0 Å². The third-order valence-electron chi connectivity index (χ3n) is 5.50. The van der Waals surface area contributed by atoms with Crippen LogP contribution in [0.2, 0.25) is 5.15 Å². The molecule has 0 saturated carbocycles. The molecule has 0 radical (unpaired) electrons. The molecule has 11 heteroatoms. The average Bonchev–Trinajstić information content (AvgIpc) is 3.15. The standard InChI is InChI=1S/C21H24ClFN6O3/c1-13-10-25-20(26-19(13)22)28-7-5-27(6-8-28)18-4-3-15(9-17(18)23)29-12-16(32-21(29)31)11-24-14(2)30/h3-4,9-10,16H,5-8,11-12H2,1-2H3,(H,24,30)/t16-/m0/s1. The minimum absolute atomic E-state index is 0.202. The van der Waals surface area contributed by atoms with Crippen LogP contribution >= 0.6 is 11.6 Å². The molecule has 32 heavy (non-hydrogen) atoms. The van der Waals surface area contributed by atoms with Crippen LogP contribution in [0.3, 0.4) is 0 Å². The van der Waals surface area contributed by atoms with Gasteiger partial charge in [0.15, 0.2) is 0 Å². The number of nitrogens with one attached hydrogen (secondary N) is 1. The van der Waals surface area contributed by atoms with E-state index in [0.29, 0.717) is 48.7 Å². The van der Waals surface area contributed by atoms with Crippen molar-refractivity contribution in [3.63, 3.8) is 0 Å². The van der Waals surface area contributed by atoms with Gasteiger partial charge in [-0.2, -0.15) is 0 Å². The van der Waals surface area contributed by atoms with E-state index in [-0.39, 0.29) is 19.0 Å². The molecular weight excluding hydrogens is 439 g/mol. The highest BCUT2D eigenvalue weighted by molar-refractivity contribution is 6.30. The van der Waals surface area contributed by atoms with Gasteiger partial charge >= 0.3 is 6.09 Å². The van der Waals surface area contributed by atoms with Crippen LogP contribution in [0.25, 0.3) is 0 Å². The molecule has 2 aliphatic rings. The summed E-state index contributed by atoms with van der Waals surface area (Å²) in [5.74, 6) is -0.0480. The average molecular weight is 463 g/mol. The van der Waals surface area contributed by atoms with E-state index in [1.165, 1.54) is 17.9 Å². The quantitative estimate of drug-likeness (QED) is 0.682. The summed E-state index contributed by atoms with van der Waals surface area (Å²) in [7, 11) is 0. The van der Waals surface area contributed by atoms with Crippen LogP contribution in [0.5, 0.6) is 0 Å². The molecule has 0 unspecified atom stereocenters. The Hall–Kier alpha value is -3.14. The maximum atomic E-state index is 15.0. The minimum Gasteiger partial charge on any atom is -0.442 e. The van der Waals surface area contributed by atoms with E-state index < -0.39 is 18.0 Å². The van der Waals surface area contributed by atoms with Gasteiger partial charge < -0.3 is 19.9 Å². The first kappa shape index (κ1) is 22.1. The van der Waals surface area contributed by atoms with Gasteiger partial charge in [-0.05, 0) is 25.1 Å². The number of piperazine rings is 1. The molecule has 4 rings (SSSR count). The Bertz CT molecular complexity index is 1030. The van der Waals surface area contributed by atoms with Gasteiger partial charge in [-0.3, -0.25) is 9.69 Å². The van der Waals surface area contributed by atoms with Gasteiger partial charge in [0, 0.05) is 44.9 Å². The number of hydrogen-bond acceptors (Lipinski definition) is 7. The molecule has 3 heterocycles. The highest BCUT2D eigenvalue weighted by atomic mass is 35.5. The Labute approximate surface area is 190 Å². The molecule has 1 aromatic carbocycles. The summed E-state index contributed by atoms with van der Waals surface area (Å²) in [6.45, 7) is 6.15. The summed E-state index contributed by atoms with van der Waals surface area (Å²) in [6.07, 6.45) is 0.664. The fourth-order valence-corrected chi connectivity index (χ4v) is 3.85. The highest BCUT2D eigenvalue weighted by Gasteiger charge is 2.33. The van der Waals surface area contributed by atoms with Crippen LogP contribution < -0.4 is 20.0 Å². The zero-order valence-corrected chi connectivity index (χ0v) is 18.6. The molecule has 2 fully saturated rings. The lowest BCUT2D eigenvalue weighted by Crippen LogP contribution is -2.47. The SMILES string of the molecule is CC(=O)NC[C@H]1CN(c2ccc(N3CCN(c4ncc(C)c(Cl)n4)CC3)c(F)c2)C(=O)O1. The molecule has 0 bridgehead atoms. The molecule has 170 valence electrons. The smallest absolute Gasteiger partial charge is 0.414 e. The Morgan fingerprint density at radius 1 is 1.28 bits per heavy atom. The van der Waals surface area contributed by atoms with Crippen LogP contribution in [0.4, 0.5) is 26.5 Å². The molecule has 0 aliphatic carbocycles. The summed E-state index contributed by atoms with van der Waals surface area (Å²) in [5, 5.41) is 3.05. The second-order valence-corrected chi connectivity index (χ2v) is 8.17. The topological polar surface area (TPSA) is 90.9 Å². The number of aryl methyl sites for hydroxylation is 1. The molecule has 2 aliphatic heterocycles. The molecule has 9 nitrogen and oxygen atoms in total. The molecule has 1 atom stereocenters. The number of anilines is 3. The maximum Gasteiger partial charge on any atom is 0.414 e. The number of carbonyl (C=O) groups excluding carboxylic acids is 2. The van der Waals surface area contributed by atoms with Gasteiger partial charge in [-0.15, -0.1) is 0 Å². The maximum absolute atomic E-state index is 15.0. The van der Waals surface area contributed by atoms with Crippen LogP contribution in [-0.2, 0) is 9.53 Å². The highest BCUT2D eigenvalue weighted by Crippen LogP contribution is 2.29. The van der Waals surface area contributed by atoms with Crippen molar-refractivity contribution >= 4 is 40.9 Å². The number of cyclic esters (lactones) is 1. The zero-order chi connectivity index (χ0) is 22.8. The number of nitrogens with zero attached hydrogens (tertiary/aromatic N) is 5. The van der Waals surface area contributed by atoms with Gasteiger partial charge in [0.05, 0.1) is 24.5 Å². The fourth-order valence-electron chi connectivity index (χ4n) is 3.73. The van der Waals surface area contributed by atoms with Crippen LogP contribution in [0.15, 0.2) is 24.4 Å². The van der Waals surface area contributed by atoms with Crippen molar-refractivity contribution < 1.29 is 18.7 Å². The third kappa shape index (κ3) is 4.69. The van der Waals surface area contributed by atoms with Crippen molar-refractivity contribution in [2.45, 2.75) is 20.0 Å². The number of ether oxygens (including phenoxy) is 1. The molecule has 2 amide bonds. The second kappa shape index (κ2) is 9.15. The van der Waals surface area contributed by atoms with Crippen molar-refractivity contribution in [1.29, 1.82) is 0 Å². The first-order valence-corrected chi connectivity index (χ1v) is 10.7. The largest absolute Gasteiger partial charge is 0.442 e. The Morgan fingerprint density at radius 3 is 2.66 bits per heavy atom. The molecule has 0 spiro atoms. The summed E-state index contributed by atoms with van der Waals surface area (Å²) in [6, 6.07) is 4.72. The van der Waals surface area contributed by atoms with E-state index in [4.69, 9.17) is 16.3 Å². The lowest BCUT2D eigenvalue weighted by Gasteiger charge is -2.36. The van der Waals surface area contributed by atoms with Crippen molar-refractivity contribution in [2.75, 3.05) is 54.0 Å². The van der Waals surface area contributed by atoms with Gasteiger partial charge in [0.2, 0.25) is 11.9 Å². The predicted octanol–water partition coefficient (Wildman–Crippen LogP) is 2.37.